The maximum absolute atomic E-state index is 12.4. The number of nitrogens with one attached hydrogen (secondary N) is 1. The van der Waals surface area contributed by atoms with Gasteiger partial charge in [-0.05, 0) is 25.2 Å². The Balaban J connectivity index is 2.12. The van der Waals surface area contributed by atoms with Crippen LogP contribution in [0.2, 0.25) is 5.02 Å². The molecule has 1 N–H and O–H groups in total. The summed E-state index contributed by atoms with van der Waals surface area (Å²) in [7, 11) is 1.85. The molecule has 0 radical (unpaired) electrons. The van der Waals surface area contributed by atoms with E-state index in [0.29, 0.717) is 22.4 Å². The highest BCUT2D eigenvalue weighted by atomic mass is 35.5. The lowest BCUT2D eigenvalue weighted by atomic mass is 10.2. The molecule has 104 valence electrons. The van der Waals surface area contributed by atoms with Crippen molar-refractivity contribution >= 4 is 35.1 Å². The summed E-state index contributed by atoms with van der Waals surface area (Å²) in [5, 5.41) is 3.54. The number of carbonyl (C=O) groups excluding carboxylic acids is 1. The van der Waals surface area contributed by atoms with Gasteiger partial charge in [-0.2, -0.15) is 11.8 Å². The summed E-state index contributed by atoms with van der Waals surface area (Å²) in [6.07, 6.45) is 2.65. The van der Waals surface area contributed by atoms with E-state index in [2.05, 4.69) is 10.3 Å². The third-order valence-corrected chi connectivity index (χ3v) is 4.64. The van der Waals surface area contributed by atoms with E-state index in [0.717, 1.165) is 24.5 Å². The van der Waals surface area contributed by atoms with Crippen LogP contribution < -0.4 is 5.32 Å². The topological polar surface area (TPSA) is 45.2 Å². The predicted molar refractivity (Wildman–Crippen MR) is 81.2 cm³/mol. The molecule has 6 heteroatoms. The number of thioether (sulfide) groups is 1. The third-order valence-electron chi connectivity index (χ3n) is 3.21. The molecule has 1 fully saturated rings. The Morgan fingerprint density at radius 1 is 1.68 bits per heavy atom. The number of carbonyl (C=O) groups is 1. The van der Waals surface area contributed by atoms with E-state index < -0.39 is 0 Å². The van der Waals surface area contributed by atoms with Gasteiger partial charge in [0.15, 0.2) is 0 Å². The number of rotatable bonds is 4. The number of hydrogen-bond donors (Lipinski definition) is 1. The molecule has 0 aromatic carbocycles. The van der Waals surface area contributed by atoms with Crippen molar-refractivity contribution in [3.63, 3.8) is 0 Å². The van der Waals surface area contributed by atoms with E-state index in [1.54, 1.807) is 17.2 Å². The molecule has 0 spiro atoms. The fourth-order valence-electron chi connectivity index (χ4n) is 2.05. The lowest BCUT2D eigenvalue weighted by Crippen LogP contribution is -2.37. The molecule has 1 aliphatic rings. The third kappa shape index (κ3) is 3.34. The maximum atomic E-state index is 12.4. The van der Waals surface area contributed by atoms with Gasteiger partial charge in [-0.3, -0.25) is 4.79 Å². The zero-order valence-corrected chi connectivity index (χ0v) is 12.7. The maximum Gasteiger partial charge on any atom is 0.255 e. The molecule has 0 aliphatic carbocycles. The Labute approximate surface area is 122 Å². The molecule has 0 saturated carbocycles. The monoisotopic (exact) mass is 299 g/mol. The highest BCUT2D eigenvalue weighted by Gasteiger charge is 2.25. The molecule has 2 heterocycles. The SMILES string of the molecule is CCNc1ncc(C(=O)N(C)C2CCSC2)cc1Cl. The zero-order chi connectivity index (χ0) is 13.8. The van der Waals surface area contributed by atoms with Gasteiger partial charge in [0.05, 0.1) is 10.6 Å². The summed E-state index contributed by atoms with van der Waals surface area (Å²) in [5.74, 6) is 2.75. The highest BCUT2D eigenvalue weighted by molar-refractivity contribution is 7.99. The largest absolute Gasteiger partial charge is 0.369 e. The van der Waals surface area contributed by atoms with Crippen molar-refractivity contribution in [2.75, 3.05) is 30.4 Å². The molecule has 1 atom stereocenters. The number of aromatic nitrogens is 1. The summed E-state index contributed by atoms with van der Waals surface area (Å²) in [6.45, 7) is 2.72. The molecule has 2 rings (SSSR count). The van der Waals surface area contributed by atoms with E-state index in [-0.39, 0.29) is 5.91 Å². The van der Waals surface area contributed by atoms with E-state index in [4.69, 9.17) is 11.6 Å². The molecule has 1 unspecified atom stereocenters. The van der Waals surface area contributed by atoms with Crippen LogP contribution in [0, 0.1) is 0 Å². The van der Waals surface area contributed by atoms with Gasteiger partial charge in [0.2, 0.25) is 0 Å². The average molecular weight is 300 g/mol. The van der Waals surface area contributed by atoms with E-state index >= 15 is 0 Å². The Kier molecular flexibility index (Phi) is 4.93. The summed E-state index contributed by atoms with van der Waals surface area (Å²) in [5.41, 5.74) is 0.547. The quantitative estimate of drug-likeness (QED) is 0.928. The molecular formula is C13H18ClN3OS. The Hall–Kier alpha value is -0.940. The lowest BCUT2D eigenvalue weighted by Gasteiger charge is -2.23. The van der Waals surface area contributed by atoms with Crippen LogP contribution in [0.15, 0.2) is 12.3 Å². The summed E-state index contributed by atoms with van der Waals surface area (Å²) in [4.78, 5) is 18.4. The van der Waals surface area contributed by atoms with Gasteiger partial charge in [0.1, 0.15) is 5.82 Å². The molecular weight excluding hydrogens is 282 g/mol. The van der Waals surface area contributed by atoms with Crippen LogP contribution in [-0.2, 0) is 0 Å². The molecule has 0 bridgehead atoms. The highest BCUT2D eigenvalue weighted by Crippen LogP contribution is 2.24. The Morgan fingerprint density at radius 2 is 2.47 bits per heavy atom. The smallest absolute Gasteiger partial charge is 0.255 e. The number of amides is 1. The van der Waals surface area contributed by atoms with Crippen LogP contribution in [0.4, 0.5) is 5.82 Å². The van der Waals surface area contributed by atoms with Gasteiger partial charge >= 0.3 is 0 Å². The molecule has 1 amide bonds. The second-order valence-corrected chi connectivity index (χ2v) is 6.08. The van der Waals surface area contributed by atoms with Crippen molar-refractivity contribution in [2.45, 2.75) is 19.4 Å². The summed E-state index contributed by atoms with van der Waals surface area (Å²) >= 11 is 8.01. The van der Waals surface area contributed by atoms with Crippen LogP contribution in [-0.4, -0.2) is 46.9 Å². The first-order chi connectivity index (χ1) is 9.13. The second kappa shape index (κ2) is 6.48. The van der Waals surface area contributed by atoms with Crippen molar-refractivity contribution in [3.05, 3.63) is 22.8 Å². The van der Waals surface area contributed by atoms with Gasteiger partial charge in [-0.25, -0.2) is 4.98 Å². The Morgan fingerprint density at radius 3 is 3.05 bits per heavy atom. The fraction of sp³-hybridized carbons (Fsp3) is 0.538. The van der Waals surface area contributed by atoms with Gasteiger partial charge < -0.3 is 10.2 Å². The van der Waals surface area contributed by atoms with Crippen molar-refractivity contribution in [1.82, 2.24) is 9.88 Å². The number of hydrogen-bond acceptors (Lipinski definition) is 4. The summed E-state index contributed by atoms with van der Waals surface area (Å²) < 4.78 is 0. The van der Waals surface area contributed by atoms with Gasteiger partial charge in [0.25, 0.3) is 5.91 Å². The normalized spacial score (nSPS) is 18.4. The molecule has 1 saturated heterocycles. The minimum Gasteiger partial charge on any atom is -0.369 e. The standard InChI is InChI=1S/C13H18ClN3OS/c1-3-15-12-11(14)6-9(7-16-12)13(18)17(2)10-4-5-19-8-10/h6-7,10H,3-5,8H2,1-2H3,(H,15,16). The lowest BCUT2D eigenvalue weighted by molar-refractivity contribution is 0.0747. The minimum atomic E-state index is -0.00931. The first-order valence-corrected chi connectivity index (χ1v) is 7.91. The van der Waals surface area contributed by atoms with Crippen molar-refractivity contribution in [3.8, 4) is 0 Å². The van der Waals surface area contributed by atoms with E-state index in [9.17, 15) is 4.79 Å². The number of halogens is 1. The predicted octanol–water partition coefficient (Wildman–Crippen LogP) is 2.74. The number of nitrogens with zero attached hydrogens (tertiary/aromatic N) is 2. The van der Waals surface area contributed by atoms with Crippen molar-refractivity contribution in [1.29, 1.82) is 0 Å². The molecule has 19 heavy (non-hydrogen) atoms. The number of pyridine rings is 1. The van der Waals surface area contributed by atoms with Gasteiger partial charge in [-0.15, -0.1) is 0 Å². The zero-order valence-electron chi connectivity index (χ0n) is 11.1. The van der Waals surface area contributed by atoms with Crippen LogP contribution in [0.3, 0.4) is 0 Å². The van der Waals surface area contributed by atoms with Crippen LogP contribution >= 0.6 is 23.4 Å². The molecule has 1 aliphatic heterocycles. The number of anilines is 1. The molecule has 4 nitrogen and oxygen atoms in total. The van der Waals surface area contributed by atoms with E-state index in [1.807, 2.05) is 25.7 Å². The van der Waals surface area contributed by atoms with Crippen molar-refractivity contribution in [2.24, 2.45) is 0 Å². The van der Waals surface area contributed by atoms with E-state index in [1.165, 1.54) is 0 Å². The molecule has 1 aromatic rings. The van der Waals surface area contributed by atoms with Crippen molar-refractivity contribution < 1.29 is 4.79 Å². The van der Waals surface area contributed by atoms with Crippen LogP contribution in [0.1, 0.15) is 23.7 Å². The second-order valence-electron chi connectivity index (χ2n) is 4.52. The van der Waals surface area contributed by atoms with Crippen LogP contribution in [0.5, 0.6) is 0 Å². The average Bonchev–Trinajstić information content (AvgIpc) is 2.93. The fourth-order valence-corrected chi connectivity index (χ4v) is 3.55. The minimum absolute atomic E-state index is 0.00931. The first-order valence-electron chi connectivity index (χ1n) is 6.37. The van der Waals surface area contributed by atoms with Crippen LogP contribution in [0.25, 0.3) is 0 Å². The first kappa shape index (κ1) is 14.5. The van der Waals surface area contributed by atoms with Gasteiger partial charge in [0, 0.05) is 31.6 Å². The van der Waals surface area contributed by atoms with Gasteiger partial charge in [-0.1, -0.05) is 11.6 Å². The molecule has 1 aromatic heterocycles. The Bertz CT molecular complexity index is 463. The summed E-state index contributed by atoms with van der Waals surface area (Å²) in [6, 6.07) is 2.01.